The molecule has 0 amide bonds. The molecule has 3 aromatic rings. The van der Waals surface area contributed by atoms with Crippen molar-refractivity contribution in [1.82, 2.24) is 29.9 Å². The normalized spacial score (nSPS) is 23.1. The number of nitrogens with one attached hydrogen (secondary N) is 2. The molecule has 8 nitrogen and oxygen atoms in total. The van der Waals surface area contributed by atoms with Crippen molar-refractivity contribution < 1.29 is 13.5 Å². The van der Waals surface area contributed by atoms with Crippen LogP contribution in [0.1, 0.15) is 38.3 Å². The van der Waals surface area contributed by atoms with Crippen molar-refractivity contribution in [2.45, 2.75) is 44.8 Å². The number of halogens is 2. The second kappa shape index (κ2) is 7.37. The summed E-state index contributed by atoms with van der Waals surface area (Å²) in [4.78, 5) is 12.7. The first kappa shape index (κ1) is 20.0. The fourth-order valence-corrected chi connectivity index (χ4v) is 4.56. The van der Waals surface area contributed by atoms with Crippen molar-refractivity contribution in [3.05, 3.63) is 30.0 Å². The molecule has 5 rings (SSSR count). The van der Waals surface area contributed by atoms with Crippen molar-refractivity contribution in [2.75, 3.05) is 25.5 Å². The van der Waals surface area contributed by atoms with Crippen molar-refractivity contribution in [3.8, 4) is 17.1 Å². The Balaban J connectivity index is 1.53. The number of rotatable bonds is 5. The Morgan fingerprint density at radius 1 is 1.23 bits per heavy atom. The Hall–Kier alpha value is -2.88. The number of ether oxygens (including phenoxy) is 1. The standard InChI is InChI=1S/C21H25F2N7O/c1-21(2)5-11(6-21)18-16(31-3)4-17-25-10-15(30(17)29-18)19-13(23)8-26-20(28-19)27-14-9-24-7-12(14)22/h4,8,10-12,14,24H,5-7,9H2,1-3H3,(H,26,27,28). The predicted molar refractivity (Wildman–Crippen MR) is 111 cm³/mol. The number of imidazole rings is 1. The lowest BCUT2D eigenvalue weighted by atomic mass is 9.63. The molecule has 4 heterocycles. The highest BCUT2D eigenvalue weighted by atomic mass is 19.1. The number of anilines is 1. The lowest BCUT2D eigenvalue weighted by Gasteiger charge is -2.42. The molecule has 0 bridgehead atoms. The molecule has 2 unspecified atom stereocenters. The number of aromatic nitrogens is 5. The van der Waals surface area contributed by atoms with E-state index in [2.05, 4.69) is 39.4 Å². The molecule has 0 spiro atoms. The van der Waals surface area contributed by atoms with Crippen LogP contribution in [-0.4, -0.2) is 57.0 Å². The zero-order chi connectivity index (χ0) is 21.8. The van der Waals surface area contributed by atoms with Crippen LogP contribution in [0.5, 0.6) is 5.75 Å². The largest absolute Gasteiger partial charge is 0.495 e. The predicted octanol–water partition coefficient (Wildman–Crippen LogP) is 2.96. The third-order valence-electron chi connectivity index (χ3n) is 6.13. The highest BCUT2D eigenvalue weighted by molar-refractivity contribution is 5.62. The number of hydrogen-bond acceptors (Lipinski definition) is 7. The van der Waals surface area contributed by atoms with Crippen LogP contribution in [-0.2, 0) is 0 Å². The van der Waals surface area contributed by atoms with E-state index in [4.69, 9.17) is 9.84 Å². The maximum absolute atomic E-state index is 14.7. The van der Waals surface area contributed by atoms with Gasteiger partial charge in [0.15, 0.2) is 11.5 Å². The maximum Gasteiger partial charge on any atom is 0.223 e. The van der Waals surface area contributed by atoms with Gasteiger partial charge in [-0.1, -0.05) is 13.8 Å². The van der Waals surface area contributed by atoms with Crippen molar-refractivity contribution in [3.63, 3.8) is 0 Å². The monoisotopic (exact) mass is 429 g/mol. The summed E-state index contributed by atoms with van der Waals surface area (Å²) in [5.41, 5.74) is 2.10. The van der Waals surface area contributed by atoms with E-state index in [0.717, 1.165) is 24.7 Å². The molecule has 1 saturated carbocycles. The van der Waals surface area contributed by atoms with Gasteiger partial charge in [-0.2, -0.15) is 5.10 Å². The molecule has 2 fully saturated rings. The van der Waals surface area contributed by atoms with E-state index in [9.17, 15) is 8.78 Å². The zero-order valence-electron chi connectivity index (χ0n) is 17.7. The molecule has 0 radical (unpaired) electrons. The second-order valence-corrected chi connectivity index (χ2v) is 9.10. The summed E-state index contributed by atoms with van der Waals surface area (Å²) in [6.45, 7) is 5.17. The molecule has 2 atom stereocenters. The average molecular weight is 429 g/mol. The molecule has 2 N–H and O–H groups in total. The molecule has 31 heavy (non-hydrogen) atoms. The van der Waals surface area contributed by atoms with Gasteiger partial charge in [-0.15, -0.1) is 0 Å². The van der Waals surface area contributed by atoms with E-state index < -0.39 is 18.0 Å². The number of nitrogens with zero attached hydrogens (tertiary/aromatic N) is 5. The quantitative estimate of drug-likeness (QED) is 0.645. The fraction of sp³-hybridized carbons (Fsp3) is 0.524. The van der Waals surface area contributed by atoms with Crippen LogP contribution in [0.4, 0.5) is 14.7 Å². The number of methoxy groups -OCH3 is 1. The number of fused-ring (bicyclic) bond motifs is 1. The van der Waals surface area contributed by atoms with Gasteiger partial charge in [-0.3, -0.25) is 0 Å². The molecular weight excluding hydrogens is 404 g/mol. The summed E-state index contributed by atoms with van der Waals surface area (Å²) < 4.78 is 35.8. The van der Waals surface area contributed by atoms with Gasteiger partial charge in [-0.25, -0.2) is 28.2 Å². The van der Waals surface area contributed by atoms with Gasteiger partial charge in [0.1, 0.15) is 29.0 Å². The van der Waals surface area contributed by atoms with Crippen molar-refractivity contribution in [1.29, 1.82) is 0 Å². The van der Waals surface area contributed by atoms with Crippen LogP contribution in [0, 0.1) is 11.2 Å². The molecule has 1 aliphatic carbocycles. The van der Waals surface area contributed by atoms with Gasteiger partial charge in [0, 0.05) is 25.1 Å². The number of alkyl halides is 1. The van der Waals surface area contributed by atoms with Crippen LogP contribution in [0.15, 0.2) is 18.5 Å². The van der Waals surface area contributed by atoms with E-state index in [1.54, 1.807) is 11.6 Å². The van der Waals surface area contributed by atoms with Gasteiger partial charge in [0.2, 0.25) is 5.95 Å². The van der Waals surface area contributed by atoms with Gasteiger partial charge < -0.3 is 15.4 Å². The summed E-state index contributed by atoms with van der Waals surface area (Å²) >= 11 is 0. The first-order chi connectivity index (χ1) is 14.8. The molecule has 10 heteroatoms. The number of hydrogen-bond donors (Lipinski definition) is 2. The lowest BCUT2D eigenvalue weighted by Crippen LogP contribution is -2.31. The molecule has 3 aromatic heterocycles. The van der Waals surface area contributed by atoms with E-state index >= 15 is 0 Å². The lowest BCUT2D eigenvalue weighted by molar-refractivity contribution is 0.145. The summed E-state index contributed by atoms with van der Waals surface area (Å²) in [5.74, 6) is 0.515. The maximum atomic E-state index is 14.7. The summed E-state index contributed by atoms with van der Waals surface area (Å²) in [6.07, 6.45) is 3.55. The minimum atomic E-state index is -1.06. The fourth-order valence-electron chi connectivity index (χ4n) is 4.56. The Morgan fingerprint density at radius 3 is 2.71 bits per heavy atom. The summed E-state index contributed by atoms with van der Waals surface area (Å²) in [5, 5.41) is 10.7. The van der Waals surface area contributed by atoms with Crippen LogP contribution < -0.4 is 15.4 Å². The van der Waals surface area contributed by atoms with Crippen LogP contribution in [0.3, 0.4) is 0 Å². The summed E-state index contributed by atoms with van der Waals surface area (Å²) in [6, 6.07) is 1.35. The van der Waals surface area contributed by atoms with Crippen molar-refractivity contribution in [2.24, 2.45) is 5.41 Å². The van der Waals surface area contributed by atoms with E-state index in [-0.39, 0.29) is 29.5 Å². The van der Waals surface area contributed by atoms with Gasteiger partial charge >= 0.3 is 0 Å². The zero-order valence-corrected chi connectivity index (χ0v) is 17.7. The Labute approximate surface area is 178 Å². The molecule has 1 aliphatic heterocycles. The van der Waals surface area contributed by atoms with Gasteiger partial charge in [0.25, 0.3) is 0 Å². The summed E-state index contributed by atoms with van der Waals surface area (Å²) in [7, 11) is 1.61. The van der Waals surface area contributed by atoms with Crippen LogP contribution in [0.25, 0.3) is 17.0 Å². The van der Waals surface area contributed by atoms with Crippen molar-refractivity contribution >= 4 is 11.6 Å². The SMILES string of the molecule is COc1cc2ncc(-c3nc(NC4CNCC4F)ncc3F)n2nc1C1CC(C)(C)C1. The first-order valence-corrected chi connectivity index (χ1v) is 10.4. The molecule has 1 saturated heterocycles. The topological polar surface area (TPSA) is 89.3 Å². The minimum absolute atomic E-state index is 0.0592. The highest BCUT2D eigenvalue weighted by Crippen LogP contribution is 2.51. The Bertz CT molecular complexity index is 1120. The van der Waals surface area contributed by atoms with E-state index in [0.29, 0.717) is 23.6 Å². The molecule has 164 valence electrons. The van der Waals surface area contributed by atoms with Gasteiger partial charge in [-0.05, 0) is 18.3 Å². The molecule has 0 aromatic carbocycles. The molecule has 2 aliphatic rings. The molecular formula is C21H25F2N7O. The Kier molecular flexibility index (Phi) is 4.76. The van der Waals surface area contributed by atoms with Crippen LogP contribution >= 0.6 is 0 Å². The third-order valence-corrected chi connectivity index (χ3v) is 6.13. The average Bonchev–Trinajstić information content (AvgIpc) is 3.32. The third kappa shape index (κ3) is 3.58. The van der Waals surface area contributed by atoms with Gasteiger partial charge in [0.05, 0.1) is 25.5 Å². The highest BCUT2D eigenvalue weighted by Gasteiger charge is 2.39. The first-order valence-electron chi connectivity index (χ1n) is 10.4. The van der Waals surface area contributed by atoms with E-state index in [1.807, 2.05) is 6.07 Å². The smallest absolute Gasteiger partial charge is 0.223 e. The second-order valence-electron chi connectivity index (χ2n) is 9.10. The minimum Gasteiger partial charge on any atom is -0.495 e. The van der Waals surface area contributed by atoms with E-state index in [1.165, 1.54) is 6.20 Å². The Morgan fingerprint density at radius 2 is 2.03 bits per heavy atom. The van der Waals surface area contributed by atoms with Crippen LogP contribution in [0.2, 0.25) is 0 Å².